The molecule has 2 heterocycles. The largest absolute Gasteiger partial charge is 0.376 e. The summed E-state index contributed by atoms with van der Waals surface area (Å²) >= 11 is 0. The normalized spacial score (nSPS) is 38.8. The summed E-state index contributed by atoms with van der Waals surface area (Å²) in [5.74, 6) is 0.919. The third kappa shape index (κ3) is 2.95. The molecular formula is C13H24FNO. The zero-order chi connectivity index (χ0) is 11.5. The van der Waals surface area contributed by atoms with E-state index in [1.54, 1.807) is 0 Å². The average Bonchev–Trinajstić information content (AvgIpc) is 2.28. The third-order valence-electron chi connectivity index (χ3n) is 4.20. The van der Waals surface area contributed by atoms with Crippen LogP contribution in [-0.4, -0.2) is 43.4 Å². The molecule has 2 aliphatic rings. The fraction of sp³-hybridized carbons (Fsp3) is 1.00. The molecule has 3 heteroatoms. The van der Waals surface area contributed by atoms with Crippen LogP contribution in [0.1, 0.15) is 33.1 Å². The van der Waals surface area contributed by atoms with Crippen molar-refractivity contribution in [2.45, 2.75) is 45.4 Å². The van der Waals surface area contributed by atoms with E-state index >= 15 is 0 Å². The van der Waals surface area contributed by atoms with Gasteiger partial charge in [0.2, 0.25) is 0 Å². The van der Waals surface area contributed by atoms with Gasteiger partial charge in [-0.15, -0.1) is 0 Å². The van der Waals surface area contributed by atoms with Gasteiger partial charge < -0.3 is 9.64 Å². The molecule has 0 radical (unpaired) electrons. The van der Waals surface area contributed by atoms with Crippen LogP contribution in [0, 0.1) is 11.8 Å². The van der Waals surface area contributed by atoms with Gasteiger partial charge >= 0.3 is 0 Å². The zero-order valence-electron chi connectivity index (χ0n) is 10.5. The predicted molar refractivity (Wildman–Crippen MR) is 63.3 cm³/mol. The molecule has 94 valence electrons. The monoisotopic (exact) mass is 229 g/mol. The SMILES string of the molecule is CC1CCN(C[C@@H]2OCC[C@H](F)[C@H]2C)CC1. The van der Waals surface area contributed by atoms with Crippen molar-refractivity contribution in [3.8, 4) is 0 Å². The van der Waals surface area contributed by atoms with Crippen molar-refractivity contribution in [2.75, 3.05) is 26.2 Å². The molecule has 2 rings (SSSR count). The maximum Gasteiger partial charge on any atom is 0.107 e. The Bertz CT molecular complexity index is 216. The van der Waals surface area contributed by atoms with Crippen LogP contribution in [0.25, 0.3) is 0 Å². The second kappa shape index (κ2) is 5.46. The van der Waals surface area contributed by atoms with Crippen LogP contribution < -0.4 is 0 Å². The highest BCUT2D eigenvalue weighted by atomic mass is 19.1. The van der Waals surface area contributed by atoms with Crippen LogP contribution in [0.2, 0.25) is 0 Å². The molecule has 0 saturated carbocycles. The van der Waals surface area contributed by atoms with E-state index in [9.17, 15) is 4.39 Å². The van der Waals surface area contributed by atoms with Crippen LogP contribution in [0.3, 0.4) is 0 Å². The standard InChI is InChI=1S/C13H24FNO/c1-10-3-6-15(7-4-10)9-13-11(2)12(14)5-8-16-13/h10-13H,3-9H2,1-2H3/t11-,12+,13+/m1/s1. The van der Waals surface area contributed by atoms with Crippen molar-refractivity contribution in [2.24, 2.45) is 11.8 Å². The number of ether oxygens (including phenoxy) is 1. The summed E-state index contributed by atoms with van der Waals surface area (Å²) in [7, 11) is 0. The third-order valence-corrected chi connectivity index (χ3v) is 4.20. The highest BCUT2D eigenvalue weighted by Crippen LogP contribution is 2.25. The Labute approximate surface area is 98.1 Å². The van der Waals surface area contributed by atoms with Gasteiger partial charge in [-0.25, -0.2) is 4.39 Å². The fourth-order valence-corrected chi connectivity index (χ4v) is 2.70. The van der Waals surface area contributed by atoms with Gasteiger partial charge in [-0.05, 0) is 31.8 Å². The lowest BCUT2D eigenvalue weighted by atomic mass is 9.92. The number of nitrogens with zero attached hydrogens (tertiary/aromatic N) is 1. The van der Waals surface area contributed by atoms with Gasteiger partial charge in [0.25, 0.3) is 0 Å². The molecule has 0 N–H and O–H groups in total. The van der Waals surface area contributed by atoms with Crippen LogP contribution in [0.4, 0.5) is 4.39 Å². The fourth-order valence-electron chi connectivity index (χ4n) is 2.70. The summed E-state index contributed by atoms with van der Waals surface area (Å²) in [6.45, 7) is 8.14. The minimum absolute atomic E-state index is 0.0631. The minimum atomic E-state index is -0.664. The predicted octanol–water partition coefficient (Wildman–Crippen LogP) is 2.48. The molecule has 2 nitrogen and oxygen atoms in total. The van der Waals surface area contributed by atoms with Crippen molar-refractivity contribution in [1.29, 1.82) is 0 Å². The molecule has 16 heavy (non-hydrogen) atoms. The summed E-state index contributed by atoms with van der Waals surface area (Å²) < 4.78 is 19.3. The molecule has 0 aliphatic carbocycles. The van der Waals surface area contributed by atoms with E-state index in [-0.39, 0.29) is 12.0 Å². The second-order valence-corrected chi connectivity index (χ2v) is 5.56. The van der Waals surface area contributed by atoms with E-state index in [4.69, 9.17) is 4.74 Å². The number of rotatable bonds is 2. The maximum atomic E-state index is 13.5. The summed E-state index contributed by atoms with van der Waals surface area (Å²) in [5, 5.41) is 0. The highest BCUT2D eigenvalue weighted by molar-refractivity contribution is 4.82. The van der Waals surface area contributed by atoms with Crippen LogP contribution in [0.15, 0.2) is 0 Å². The first kappa shape index (κ1) is 12.3. The van der Waals surface area contributed by atoms with Gasteiger partial charge in [0.05, 0.1) is 6.10 Å². The lowest BCUT2D eigenvalue weighted by Crippen LogP contribution is -2.46. The van der Waals surface area contributed by atoms with Crippen LogP contribution in [0.5, 0.6) is 0 Å². The molecule has 0 unspecified atom stereocenters. The molecule has 0 amide bonds. The highest BCUT2D eigenvalue weighted by Gasteiger charge is 2.32. The average molecular weight is 229 g/mol. The Morgan fingerprint density at radius 3 is 2.56 bits per heavy atom. The van der Waals surface area contributed by atoms with E-state index < -0.39 is 6.17 Å². The Balaban J connectivity index is 1.80. The molecule has 2 aliphatic heterocycles. The summed E-state index contributed by atoms with van der Waals surface area (Å²) in [5.41, 5.74) is 0. The zero-order valence-corrected chi connectivity index (χ0v) is 10.5. The Morgan fingerprint density at radius 1 is 1.19 bits per heavy atom. The Kier molecular flexibility index (Phi) is 4.20. The van der Waals surface area contributed by atoms with Crippen molar-refractivity contribution in [3.05, 3.63) is 0 Å². The van der Waals surface area contributed by atoms with Gasteiger partial charge in [-0.3, -0.25) is 0 Å². The van der Waals surface area contributed by atoms with Crippen molar-refractivity contribution < 1.29 is 9.13 Å². The number of piperidine rings is 1. The van der Waals surface area contributed by atoms with Gasteiger partial charge in [0.1, 0.15) is 6.17 Å². The Hall–Kier alpha value is -0.150. The number of likely N-dealkylation sites (tertiary alicyclic amines) is 1. The van der Waals surface area contributed by atoms with Crippen molar-refractivity contribution in [3.63, 3.8) is 0 Å². The molecule has 0 spiro atoms. The lowest BCUT2D eigenvalue weighted by molar-refractivity contribution is -0.0749. The first-order chi connectivity index (χ1) is 7.66. The molecular weight excluding hydrogens is 205 g/mol. The molecule has 0 aromatic heterocycles. The van der Waals surface area contributed by atoms with Crippen molar-refractivity contribution in [1.82, 2.24) is 4.90 Å². The number of alkyl halides is 1. The van der Waals surface area contributed by atoms with Crippen LogP contribution >= 0.6 is 0 Å². The quantitative estimate of drug-likeness (QED) is 0.721. The number of hydrogen-bond donors (Lipinski definition) is 0. The first-order valence-electron chi connectivity index (χ1n) is 6.65. The van der Waals surface area contributed by atoms with E-state index in [0.717, 1.165) is 25.6 Å². The van der Waals surface area contributed by atoms with E-state index in [2.05, 4.69) is 11.8 Å². The van der Waals surface area contributed by atoms with E-state index in [0.29, 0.717) is 13.0 Å². The van der Waals surface area contributed by atoms with E-state index in [1.165, 1.54) is 12.8 Å². The van der Waals surface area contributed by atoms with Gasteiger partial charge in [0.15, 0.2) is 0 Å². The molecule has 0 aromatic carbocycles. The van der Waals surface area contributed by atoms with E-state index in [1.807, 2.05) is 6.92 Å². The summed E-state index contributed by atoms with van der Waals surface area (Å²) in [6, 6.07) is 0. The summed E-state index contributed by atoms with van der Waals surface area (Å²) in [6.07, 6.45) is 2.58. The first-order valence-corrected chi connectivity index (χ1v) is 6.65. The van der Waals surface area contributed by atoms with Gasteiger partial charge in [-0.1, -0.05) is 13.8 Å². The van der Waals surface area contributed by atoms with Crippen LogP contribution in [-0.2, 0) is 4.74 Å². The second-order valence-electron chi connectivity index (χ2n) is 5.56. The topological polar surface area (TPSA) is 12.5 Å². The Morgan fingerprint density at radius 2 is 1.88 bits per heavy atom. The lowest BCUT2D eigenvalue weighted by Gasteiger charge is -2.38. The summed E-state index contributed by atoms with van der Waals surface area (Å²) in [4.78, 5) is 2.44. The minimum Gasteiger partial charge on any atom is -0.376 e. The van der Waals surface area contributed by atoms with Gasteiger partial charge in [0, 0.05) is 25.5 Å². The molecule has 0 aromatic rings. The molecule has 0 bridgehead atoms. The maximum absolute atomic E-state index is 13.5. The molecule has 2 saturated heterocycles. The smallest absolute Gasteiger partial charge is 0.107 e. The number of hydrogen-bond acceptors (Lipinski definition) is 2. The molecule has 2 fully saturated rings. The van der Waals surface area contributed by atoms with Gasteiger partial charge in [-0.2, -0.15) is 0 Å². The molecule has 3 atom stereocenters. The number of halogens is 1. The van der Waals surface area contributed by atoms with Crippen molar-refractivity contribution >= 4 is 0 Å².